The summed E-state index contributed by atoms with van der Waals surface area (Å²) in [6, 6.07) is 0. The molecule has 6 heteroatoms. The van der Waals surface area contributed by atoms with E-state index in [1.54, 1.807) is 0 Å². The fourth-order valence-corrected chi connectivity index (χ4v) is 3.56. The first kappa shape index (κ1) is 14.7. The van der Waals surface area contributed by atoms with Gasteiger partial charge in [-0.2, -0.15) is 5.48 Å². The number of nitrogens with one attached hydrogen (secondary N) is 5. The lowest BCUT2D eigenvalue weighted by atomic mass is 9.80. The Morgan fingerprint density at radius 3 is 2.65 bits per heavy atom. The molecule has 0 bridgehead atoms. The van der Waals surface area contributed by atoms with Crippen LogP contribution in [0.2, 0.25) is 0 Å². The van der Waals surface area contributed by atoms with E-state index < -0.39 is 0 Å². The van der Waals surface area contributed by atoms with E-state index in [0.717, 1.165) is 32.1 Å². The first-order valence-corrected chi connectivity index (χ1v) is 8.16. The van der Waals surface area contributed by atoms with Crippen LogP contribution in [0.4, 0.5) is 0 Å². The van der Waals surface area contributed by atoms with Gasteiger partial charge in [0.15, 0.2) is 0 Å². The third-order valence-corrected chi connectivity index (χ3v) is 4.84. The largest absolute Gasteiger partial charge is 0.313 e. The fourth-order valence-electron chi connectivity index (χ4n) is 3.56. The second kappa shape index (κ2) is 7.15. The minimum atomic E-state index is 0.143. The van der Waals surface area contributed by atoms with Crippen molar-refractivity contribution < 1.29 is 4.84 Å². The Balaban J connectivity index is 1.33. The summed E-state index contributed by atoms with van der Waals surface area (Å²) in [5.41, 5.74) is 3.13. The smallest absolute Gasteiger partial charge is 0.128 e. The molecule has 3 fully saturated rings. The highest BCUT2D eigenvalue weighted by molar-refractivity contribution is 4.83. The Morgan fingerprint density at radius 1 is 1.15 bits per heavy atom. The quantitative estimate of drug-likeness (QED) is 0.488. The summed E-state index contributed by atoms with van der Waals surface area (Å²) in [4.78, 5) is 5.38. The molecule has 0 aromatic rings. The Kier molecular flexibility index (Phi) is 5.25. The number of hydrogen-bond acceptors (Lipinski definition) is 6. The van der Waals surface area contributed by atoms with Gasteiger partial charge in [0.1, 0.15) is 6.23 Å². The monoisotopic (exact) mass is 283 g/mol. The molecule has 3 unspecified atom stereocenters. The molecule has 0 amide bonds. The van der Waals surface area contributed by atoms with Gasteiger partial charge in [0.05, 0.1) is 12.3 Å². The van der Waals surface area contributed by atoms with Gasteiger partial charge >= 0.3 is 0 Å². The van der Waals surface area contributed by atoms with E-state index in [9.17, 15) is 0 Å². The van der Waals surface area contributed by atoms with Gasteiger partial charge in [-0.1, -0.05) is 0 Å². The minimum Gasteiger partial charge on any atom is -0.313 e. The van der Waals surface area contributed by atoms with Crippen LogP contribution in [0.3, 0.4) is 0 Å². The first-order valence-electron chi connectivity index (χ1n) is 8.16. The van der Waals surface area contributed by atoms with Crippen LogP contribution in [-0.2, 0) is 4.84 Å². The summed E-state index contributed by atoms with van der Waals surface area (Å²) in [7, 11) is 0. The predicted molar refractivity (Wildman–Crippen MR) is 78.7 cm³/mol. The van der Waals surface area contributed by atoms with E-state index in [0.29, 0.717) is 18.2 Å². The van der Waals surface area contributed by atoms with Crippen LogP contribution in [-0.4, -0.2) is 44.7 Å². The molecular weight excluding hydrogens is 254 g/mol. The Hall–Kier alpha value is -0.240. The van der Waals surface area contributed by atoms with Crippen molar-refractivity contribution in [3.05, 3.63) is 0 Å². The van der Waals surface area contributed by atoms with Crippen LogP contribution in [0.25, 0.3) is 0 Å². The molecule has 2 heterocycles. The SMILES string of the molecule is CC1NC(C2CCC(CNC3CNCCN3)CC2)NO1. The highest BCUT2D eigenvalue weighted by Crippen LogP contribution is 2.31. The Bertz CT molecular complexity index is 289. The van der Waals surface area contributed by atoms with Gasteiger partial charge in [-0.3, -0.25) is 15.5 Å². The molecule has 0 spiro atoms. The predicted octanol–water partition coefficient (Wildman–Crippen LogP) is -0.302. The van der Waals surface area contributed by atoms with Crippen molar-refractivity contribution in [1.29, 1.82) is 0 Å². The molecular formula is C14H29N5O. The molecule has 0 radical (unpaired) electrons. The summed E-state index contributed by atoms with van der Waals surface area (Å²) in [5.74, 6) is 1.54. The highest BCUT2D eigenvalue weighted by atomic mass is 16.7. The zero-order valence-corrected chi connectivity index (χ0v) is 12.5. The third kappa shape index (κ3) is 3.90. The van der Waals surface area contributed by atoms with Gasteiger partial charge < -0.3 is 10.6 Å². The second-order valence-corrected chi connectivity index (χ2v) is 6.42. The van der Waals surface area contributed by atoms with Crippen molar-refractivity contribution in [3.63, 3.8) is 0 Å². The lowest BCUT2D eigenvalue weighted by molar-refractivity contribution is 0.0251. The number of hydrogen-bond donors (Lipinski definition) is 5. The van der Waals surface area contributed by atoms with E-state index >= 15 is 0 Å². The number of hydroxylamine groups is 1. The Morgan fingerprint density at radius 2 is 2.00 bits per heavy atom. The lowest BCUT2D eigenvalue weighted by Gasteiger charge is -2.33. The molecule has 20 heavy (non-hydrogen) atoms. The number of piperazine rings is 1. The maximum Gasteiger partial charge on any atom is 0.128 e. The maximum absolute atomic E-state index is 5.38. The zero-order valence-electron chi connectivity index (χ0n) is 12.5. The molecule has 1 aliphatic carbocycles. The van der Waals surface area contributed by atoms with Crippen LogP contribution in [0.5, 0.6) is 0 Å². The number of rotatable bonds is 4. The topological polar surface area (TPSA) is 69.4 Å². The van der Waals surface area contributed by atoms with Crippen molar-refractivity contribution >= 4 is 0 Å². The molecule has 3 rings (SSSR count). The van der Waals surface area contributed by atoms with Gasteiger partial charge in [-0.05, 0) is 51.0 Å². The van der Waals surface area contributed by atoms with Crippen LogP contribution >= 0.6 is 0 Å². The first-order chi connectivity index (χ1) is 9.81. The summed E-state index contributed by atoms with van der Waals surface area (Å²) in [6.07, 6.45) is 6.19. The van der Waals surface area contributed by atoms with E-state index in [1.807, 2.05) is 6.92 Å². The second-order valence-electron chi connectivity index (χ2n) is 6.42. The van der Waals surface area contributed by atoms with Crippen molar-refractivity contribution in [2.75, 3.05) is 26.2 Å². The van der Waals surface area contributed by atoms with E-state index in [1.165, 1.54) is 25.7 Å². The Labute approximate surface area is 121 Å². The van der Waals surface area contributed by atoms with Gasteiger partial charge in [0, 0.05) is 19.6 Å². The molecule has 3 aliphatic rings. The van der Waals surface area contributed by atoms with Crippen LogP contribution in [0.1, 0.15) is 32.6 Å². The van der Waals surface area contributed by atoms with Crippen LogP contribution < -0.4 is 26.7 Å². The molecule has 2 aliphatic heterocycles. The average Bonchev–Trinajstić information content (AvgIpc) is 2.93. The van der Waals surface area contributed by atoms with Gasteiger partial charge in [-0.25, -0.2) is 0 Å². The third-order valence-electron chi connectivity index (χ3n) is 4.84. The van der Waals surface area contributed by atoms with Crippen molar-refractivity contribution in [2.45, 2.75) is 51.2 Å². The molecule has 0 aromatic heterocycles. The highest BCUT2D eigenvalue weighted by Gasteiger charge is 2.32. The fraction of sp³-hybridized carbons (Fsp3) is 1.00. The van der Waals surface area contributed by atoms with Gasteiger partial charge in [0.2, 0.25) is 0 Å². The normalized spacial score (nSPS) is 42.8. The van der Waals surface area contributed by atoms with Crippen molar-refractivity contribution in [1.82, 2.24) is 26.7 Å². The van der Waals surface area contributed by atoms with Gasteiger partial charge in [0.25, 0.3) is 0 Å². The summed E-state index contributed by atoms with van der Waals surface area (Å²) >= 11 is 0. The average molecular weight is 283 g/mol. The summed E-state index contributed by atoms with van der Waals surface area (Å²) in [5, 5.41) is 14.0. The maximum atomic E-state index is 5.38. The van der Waals surface area contributed by atoms with Crippen molar-refractivity contribution in [3.8, 4) is 0 Å². The van der Waals surface area contributed by atoms with Gasteiger partial charge in [-0.15, -0.1) is 0 Å². The summed E-state index contributed by atoms with van der Waals surface area (Å²) < 4.78 is 0. The minimum absolute atomic E-state index is 0.143. The lowest BCUT2D eigenvalue weighted by Crippen LogP contribution is -2.56. The molecule has 5 N–H and O–H groups in total. The van der Waals surface area contributed by atoms with Crippen LogP contribution in [0.15, 0.2) is 0 Å². The molecule has 1 saturated carbocycles. The zero-order chi connectivity index (χ0) is 13.8. The summed E-state index contributed by atoms with van der Waals surface area (Å²) in [6.45, 7) is 6.39. The molecule has 0 aromatic carbocycles. The molecule has 2 saturated heterocycles. The van der Waals surface area contributed by atoms with Crippen LogP contribution in [0, 0.1) is 11.8 Å². The molecule has 6 nitrogen and oxygen atoms in total. The van der Waals surface area contributed by atoms with E-state index in [-0.39, 0.29) is 6.23 Å². The standard InChI is InChI=1S/C14H29N5O/c1-10-18-14(19-20-10)12-4-2-11(3-5-12)8-17-13-9-15-6-7-16-13/h10-19H,2-9H2,1H3. The molecule has 116 valence electrons. The van der Waals surface area contributed by atoms with E-state index in [4.69, 9.17) is 4.84 Å². The van der Waals surface area contributed by atoms with Crippen molar-refractivity contribution in [2.24, 2.45) is 11.8 Å². The molecule has 3 atom stereocenters. The van der Waals surface area contributed by atoms with E-state index in [2.05, 4.69) is 26.7 Å².